The number of carbonyl (C=O) groups is 4. The summed E-state index contributed by atoms with van der Waals surface area (Å²) in [7, 11) is 0. The van der Waals surface area contributed by atoms with Crippen molar-refractivity contribution in [3.63, 3.8) is 0 Å². The first-order valence-electron chi connectivity index (χ1n) is 13.2. The second-order valence-electron chi connectivity index (χ2n) is 9.53. The third-order valence-corrected chi connectivity index (χ3v) is 6.77. The van der Waals surface area contributed by atoms with Crippen molar-refractivity contribution in [1.29, 1.82) is 0 Å². The van der Waals surface area contributed by atoms with Crippen molar-refractivity contribution in [2.24, 2.45) is 0 Å². The van der Waals surface area contributed by atoms with Gasteiger partial charge in [-0.1, -0.05) is 109 Å². The van der Waals surface area contributed by atoms with Crippen LogP contribution < -0.4 is 10.6 Å². The lowest BCUT2D eigenvalue weighted by atomic mass is 9.80. The molecule has 41 heavy (non-hydrogen) atoms. The third kappa shape index (κ3) is 6.08. The largest absolute Gasteiger partial charge is 0.444 e. The van der Waals surface area contributed by atoms with Gasteiger partial charge in [0.2, 0.25) is 5.91 Å². The maximum Gasteiger partial charge on any atom is 0.314 e. The second kappa shape index (κ2) is 12.4. The summed E-state index contributed by atoms with van der Waals surface area (Å²) in [5.74, 6) is -2.13. The fraction of sp³-hybridized carbons (Fsp3) is 0.152. The van der Waals surface area contributed by atoms with Crippen LogP contribution in [0.15, 0.2) is 121 Å². The van der Waals surface area contributed by atoms with E-state index >= 15 is 0 Å². The molecule has 1 heterocycles. The summed E-state index contributed by atoms with van der Waals surface area (Å²) in [6.45, 7) is -0.452. The summed E-state index contributed by atoms with van der Waals surface area (Å²) in [4.78, 5) is 50.6. The fourth-order valence-electron chi connectivity index (χ4n) is 4.74. The monoisotopic (exact) mass is 548 g/mol. The molecule has 8 nitrogen and oxygen atoms in total. The number of ether oxygens (including phenoxy) is 2. The molecule has 0 spiro atoms. The molecule has 0 unspecified atom stereocenters. The quantitative estimate of drug-likeness (QED) is 0.128. The molecule has 4 aromatic carbocycles. The maximum atomic E-state index is 13.3. The first kappa shape index (κ1) is 27.5. The number of Topliss-reactive ketones (excluding diaryl/α,β-unsaturated/α-hetero) is 1. The van der Waals surface area contributed by atoms with Crippen LogP contribution in [0.3, 0.4) is 0 Å². The van der Waals surface area contributed by atoms with Gasteiger partial charge in [-0.25, -0.2) is 0 Å². The Hall–Kier alpha value is -5.08. The highest BCUT2D eigenvalue weighted by atomic mass is 16.6. The minimum Gasteiger partial charge on any atom is -0.444 e. The number of esters is 1. The van der Waals surface area contributed by atoms with Gasteiger partial charge >= 0.3 is 5.97 Å². The van der Waals surface area contributed by atoms with Gasteiger partial charge in [-0.15, -0.1) is 0 Å². The molecule has 2 atom stereocenters. The molecule has 0 bridgehead atoms. The van der Waals surface area contributed by atoms with Gasteiger partial charge < -0.3 is 20.1 Å². The highest BCUT2D eigenvalue weighted by Gasteiger charge is 2.43. The Kier molecular flexibility index (Phi) is 8.31. The normalized spacial score (nSPS) is 16.1. The van der Waals surface area contributed by atoms with Crippen molar-refractivity contribution in [2.75, 3.05) is 6.61 Å². The summed E-state index contributed by atoms with van der Waals surface area (Å²) >= 11 is 0. The molecule has 206 valence electrons. The van der Waals surface area contributed by atoms with Gasteiger partial charge in [0.25, 0.3) is 5.91 Å². The molecule has 5 rings (SSSR count). The highest BCUT2D eigenvalue weighted by molar-refractivity contribution is 6.00. The van der Waals surface area contributed by atoms with E-state index in [1.165, 1.54) is 0 Å². The second-order valence-corrected chi connectivity index (χ2v) is 9.53. The lowest BCUT2D eigenvalue weighted by Gasteiger charge is -2.36. The number of β-lactam (4-membered cyclic amide) rings is 1. The number of ketones is 1. The van der Waals surface area contributed by atoms with E-state index in [0.29, 0.717) is 5.56 Å². The van der Waals surface area contributed by atoms with Crippen LogP contribution in [0.25, 0.3) is 0 Å². The molecule has 1 aliphatic rings. The first-order valence-corrected chi connectivity index (χ1v) is 13.2. The van der Waals surface area contributed by atoms with Crippen LogP contribution in [0, 0.1) is 0 Å². The van der Waals surface area contributed by atoms with Crippen LogP contribution in [0.4, 0.5) is 0 Å². The van der Waals surface area contributed by atoms with Crippen LogP contribution in [-0.4, -0.2) is 42.4 Å². The van der Waals surface area contributed by atoms with E-state index in [1.807, 2.05) is 91.0 Å². The van der Waals surface area contributed by atoms with Gasteiger partial charge in [0, 0.05) is 22.3 Å². The number of hydrogen-bond donors (Lipinski definition) is 2. The van der Waals surface area contributed by atoms with Crippen molar-refractivity contribution < 1.29 is 28.7 Å². The zero-order valence-corrected chi connectivity index (χ0v) is 22.1. The molecule has 2 N–H and O–H groups in total. The fourth-order valence-corrected chi connectivity index (χ4v) is 4.74. The van der Waals surface area contributed by atoms with E-state index < -0.39 is 54.5 Å². The molecule has 1 fully saturated rings. The smallest absolute Gasteiger partial charge is 0.314 e. The van der Waals surface area contributed by atoms with Crippen molar-refractivity contribution in [3.8, 4) is 0 Å². The number of carbonyl (C=O) groups excluding carboxylic acids is 4. The Bertz CT molecular complexity index is 1410. The standard InChI is InChI=1S/C33H28N2O6/c36-27(22-40-32-29(31(39)35-32)34-30(38)23-13-5-1-6-14-23)21-28(37)41-33(24-15-7-2-8-16-24,25-17-9-3-10-18-25)26-19-11-4-12-20-26/h1-20,29,32H,21-22H2,(H,34,38)(H,35,39)/t29-,32+/m0/s1. The van der Waals surface area contributed by atoms with Crippen LogP contribution in [0.2, 0.25) is 0 Å². The minimum atomic E-state index is -1.29. The van der Waals surface area contributed by atoms with E-state index in [-0.39, 0.29) is 0 Å². The molecular formula is C33H28N2O6. The number of nitrogens with one attached hydrogen (secondary N) is 2. The maximum absolute atomic E-state index is 13.3. The summed E-state index contributed by atoms with van der Waals surface area (Å²) in [6, 6.07) is 35.6. The van der Waals surface area contributed by atoms with Gasteiger partial charge in [0.15, 0.2) is 23.7 Å². The van der Waals surface area contributed by atoms with E-state index in [2.05, 4.69) is 10.6 Å². The molecule has 8 heteroatoms. The Labute approximate surface area is 237 Å². The van der Waals surface area contributed by atoms with Crippen molar-refractivity contribution in [2.45, 2.75) is 24.3 Å². The minimum absolute atomic E-state index is 0.392. The average Bonchev–Trinajstić information content (AvgIpc) is 3.02. The SMILES string of the molecule is O=C(CO[C@H]1NC(=O)[C@@H]1NC(=O)c1ccccc1)CC(=O)OC(c1ccccc1)(c1ccccc1)c1ccccc1. The molecular weight excluding hydrogens is 520 g/mol. The van der Waals surface area contributed by atoms with Gasteiger partial charge in [0.1, 0.15) is 13.0 Å². The Morgan fingerprint density at radius 3 is 1.63 bits per heavy atom. The Balaban J connectivity index is 1.27. The van der Waals surface area contributed by atoms with Crippen molar-refractivity contribution in [1.82, 2.24) is 10.6 Å². The topological polar surface area (TPSA) is 111 Å². The molecule has 0 aliphatic carbocycles. The predicted octanol–water partition coefficient (Wildman–Crippen LogP) is 3.75. The number of benzene rings is 4. The molecule has 1 saturated heterocycles. The highest BCUT2D eigenvalue weighted by Crippen LogP contribution is 2.40. The van der Waals surface area contributed by atoms with Crippen LogP contribution in [0.1, 0.15) is 33.5 Å². The van der Waals surface area contributed by atoms with Gasteiger partial charge in [-0.05, 0) is 12.1 Å². The molecule has 2 amide bonds. The zero-order valence-electron chi connectivity index (χ0n) is 22.1. The van der Waals surface area contributed by atoms with Gasteiger partial charge in [-0.3, -0.25) is 19.2 Å². The summed E-state index contributed by atoms with van der Waals surface area (Å²) < 4.78 is 11.8. The lowest BCUT2D eigenvalue weighted by molar-refractivity contribution is -0.158. The first-order chi connectivity index (χ1) is 20.0. The Morgan fingerprint density at radius 1 is 0.707 bits per heavy atom. The van der Waals surface area contributed by atoms with Crippen molar-refractivity contribution in [3.05, 3.63) is 144 Å². The lowest BCUT2D eigenvalue weighted by Crippen LogP contribution is -2.70. The van der Waals surface area contributed by atoms with Crippen LogP contribution in [0.5, 0.6) is 0 Å². The number of amides is 2. The van der Waals surface area contributed by atoms with E-state index in [9.17, 15) is 19.2 Å². The molecule has 1 aliphatic heterocycles. The van der Waals surface area contributed by atoms with Gasteiger partial charge in [0.05, 0.1) is 0 Å². The third-order valence-electron chi connectivity index (χ3n) is 6.77. The Morgan fingerprint density at radius 2 is 1.17 bits per heavy atom. The zero-order chi connectivity index (χ0) is 28.7. The molecule has 0 radical (unpaired) electrons. The van der Waals surface area contributed by atoms with Crippen LogP contribution in [-0.2, 0) is 29.5 Å². The average molecular weight is 549 g/mol. The summed E-state index contributed by atoms with van der Waals surface area (Å²) in [5, 5.41) is 5.12. The molecule has 0 aromatic heterocycles. The summed E-state index contributed by atoms with van der Waals surface area (Å²) in [5.41, 5.74) is 1.27. The van der Waals surface area contributed by atoms with Gasteiger partial charge in [-0.2, -0.15) is 0 Å². The molecule has 0 saturated carbocycles. The van der Waals surface area contributed by atoms with Crippen LogP contribution >= 0.6 is 0 Å². The van der Waals surface area contributed by atoms with E-state index in [0.717, 1.165) is 16.7 Å². The van der Waals surface area contributed by atoms with E-state index in [4.69, 9.17) is 9.47 Å². The summed E-state index contributed by atoms with van der Waals surface area (Å²) in [6.07, 6.45) is -1.44. The number of hydrogen-bond acceptors (Lipinski definition) is 6. The number of rotatable bonds is 11. The predicted molar refractivity (Wildman–Crippen MR) is 151 cm³/mol. The van der Waals surface area contributed by atoms with E-state index in [1.54, 1.807) is 30.3 Å². The molecule has 4 aromatic rings. The van der Waals surface area contributed by atoms with Crippen molar-refractivity contribution >= 4 is 23.6 Å².